The van der Waals surface area contributed by atoms with Gasteiger partial charge in [-0.15, -0.1) is 0 Å². The molecule has 1 aromatic heterocycles. The van der Waals surface area contributed by atoms with Gasteiger partial charge in [0, 0.05) is 0 Å². The maximum atomic E-state index is 11.7. The van der Waals surface area contributed by atoms with Crippen LogP contribution < -0.4 is 5.32 Å². The lowest BCUT2D eigenvalue weighted by molar-refractivity contribution is -0.121. The highest BCUT2D eigenvalue weighted by Crippen LogP contribution is 2.39. The number of H-pyrrole nitrogens is 1. The molecule has 0 unspecified atom stereocenters. The largest absolute Gasteiger partial charge is 0.477 e. The van der Waals surface area contributed by atoms with Gasteiger partial charge in [-0.1, -0.05) is 0 Å². The number of rotatable bonds is 5. The first-order valence-electron chi connectivity index (χ1n) is 5.66. The van der Waals surface area contributed by atoms with E-state index in [4.69, 9.17) is 5.11 Å². The zero-order valence-electron chi connectivity index (χ0n) is 10.0. The molecule has 0 bridgehead atoms. The van der Waals surface area contributed by atoms with Gasteiger partial charge in [0.1, 0.15) is 11.5 Å². The molecule has 1 heterocycles. The van der Waals surface area contributed by atoms with E-state index in [1.807, 2.05) is 6.26 Å². The Morgan fingerprint density at radius 2 is 2.33 bits per heavy atom. The summed E-state index contributed by atoms with van der Waals surface area (Å²) in [4.78, 5) is 29.3. The number of nitrogens with zero attached hydrogens (tertiary/aromatic N) is 1. The van der Waals surface area contributed by atoms with Gasteiger partial charge in [-0.3, -0.25) is 4.79 Å². The van der Waals surface area contributed by atoms with Crippen LogP contribution in [0.25, 0.3) is 0 Å². The SMILES string of the molecule is CSCC(=O)NC1(c2ncc(C(=O)O)[nH]2)CCC1. The number of carboxylic acids is 1. The summed E-state index contributed by atoms with van der Waals surface area (Å²) < 4.78 is 0. The summed E-state index contributed by atoms with van der Waals surface area (Å²) in [6, 6.07) is 0. The molecule has 98 valence electrons. The third kappa shape index (κ3) is 2.35. The van der Waals surface area contributed by atoms with E-state index in [2.05, 4.69) is 15.3 Å². The van der Waals surface area contributed by atoms with Crippen LogP contribution in [0.5, 0.6) is 0 Å². The highest BCUT2D eigenvalue weighted by atomic mass is 32.2. The minimum Gasteiger partial charge on any atom is -0.477 e. The highest BCUT2D eigenvalue weighted by Gasteiger charge is 2.42. The second-order valence-corrected chi connectivity index (χ2v) is 5.23. The summed E-state index contributed by atoms with van der Waals surface area (Å²) in [6.45, 7) is 0. The molecule has 0 aromatic carbocycles. The lowest BCUT2D eigenvalue weighted by Gasteiger charge is -2.40. The number of amides is 1. The van der Waals surface area contributed by atoms with Gasteiger partial charge >= 0.3 is 5.97 Å². The molecule has 0 aliphatic heterocycles. The minimum absolute atomic E-state index is 0.0459. The Balaban J connectivity index is 2.16. The number of thioether (sulfide) groups is 1. The van der Waals surface area contributed by atoms with Gasteiger partial charge in [0.15, 0.2) is 0 Å². The lowest BCUT2D eigenvalue weighted by Crippen LogP contribution is -2.52. The molecular formula is C11H15N3O3S. The van der Waals surface area contributed by atoms with Crippen molar-refractivity contribution in [2.24, 2.45) is 0 Å². The van der Waals surface area contributed by atoms with Crippen LogP contribution in [0.1, 0.15) is 35.6 Å². The van der Waals surface area contributed by atoms with Crippen molar-refractivity contribution in [2.75, 3.05) is 12.0 Å². The number of carbonyl (C=O) groups excluding carboxylic acids is 1. The van der Waals surface area contributed by atoms with E-state index in [9.17, 15) is 9.59 Å². The van der Waals surface area contributed by atoms with Crippen molar-refractivity contribution in [3.05, 3.63) is 17.7 Å². The first-order valence-corrected chi connectivity index (χ1v) is 7.05. The van der Waals surface area contributed by atoms with Crippen molar-refractivity contribution >= 4 is 23.6 Å². The predicted molar refractivity (Wildman–Crippen MR) is 67.6 cm³/mol. The van der Waals surface area contributed by atoms with E-state index >= 15 is 0 Å². The lowest BCUT2D eigenvalue weighted by atomic mass is 9.76. The average molecular weight is 269 g/mol. The number of nitrogens with one attached hydrogen (secondary N) is 2. The van der Waals surface area contributed by atoms with Crippen LogP contribution in [0.4, 0.5) is 0 Å². The number of hydrogen-bond donors (Lipinski definition) is 3. The fraction of sp³-hybridized carbons (Fsp3) is 0.545. The van der Waals surface area contributed by atoms with Gasteiger partial charge in [0.2, 0.25) is 5.91 Å². The predicted octanol–water partition coefficient (Wildman–Crippen LogP) is 0.966. The molecule has 0 spiro atoms. The van der Waals surface area contributed by atoms with E-state index in [0.717, 1.165) is 19.3 Å². The first kappa shape index (κ1) is 12.9. The van der Waals surface area contributed by atoms with Crippen molar-refractivity contribution in [1.82, 2.24) is 15.3 Å². The average Bonchev–Trinajstić information content (AvgIpc) is 2.73. The summed E-state index contributed by atoms with van der Waals surface area (Å²) in [5.74, 6) is -0.149. The Bertz CT molecular complexity index is 468. The Labute approximate surface area is 109 Å². The van der Waals surface area contributed by atoms with Crippen molar-refractivity contribution in [3.8, 4) is 0 Å². The summed E-state index contributed by atoms with van der Waals surface area (Å²) in [5, 5.41) is 11.8. The molecule has 1 aromatic rings. The van der Waals surface area contributed by atoms with E-state index in [1.165, 1.54) is 18.0 Å². The Hall–Kier alpha value is -1.50. The molecule has 1 saturated carbocycles. The molecule has 18 heavy (non-hydrogen) atoms. The van der Waals surface area contributed by atoms with E-state index in [-0.39, 0.29) is 11.6 Å². The molecule has 1 aliphatic rings. The van der Waals surface area contributed by atoms with Crippen LogP contribution in [0.3, 0.4) is 0 Å². The number of imidazole rings is 1. The van der Waals surface area contributed by atoms with Gasteiger partial charge in [-0.2, -0.15) is 11.8 Å². The summed E-state index contributed by atoms with van der Waals surface area (Å²) >= 11 is 1.45. The molecule has 1 fully saturated rings. The Morgan fingerprint density at radius 1 is 1.61 bits per heavy atom. The minimum atomic E-state index is -1.04. The molecule has 2 rings (SSSR count). The zero-order valence-corrected chi connectivity index (χ0v) is 10.8. The van der Waals surface area contributed by atoms with Gasteiger partial charge < -0.3 is 15.4 Å². The maximum absolute atomic E-state index is 11.7. The van der Waals surface area contributed by atoms with Crippen molar-refractivity contribution in [2.45, 2.75) is 24.8 Å². The summed E-state index contributed by atoms with van der Waals surface area (Å²) in [6.07, 6.45) is 5.74. The zero-order chi connectivity index (χ0) is 13.2. The van der Waals surface area contributed by atoms with Crippen LogP contribution in [-0.4, -0.2) is 39.0 Å². The molecular weight excluding hydrogens is 254 g/mol. The summed E-state index contributed by atoms with van der Waals surface area (Å²) in [7, 11) is 0. The third-order valence-corrected chi connectivity index (χ3v) is 3.67. The number of aromatic carboxylic acids is 1. The topological polar surface area (TPSA) is 95.1 Å². The van der Waals surface area contributed by atoms with Crippen molar-refractivity contribution in [3.63, 3.8) is 0 Å². The molecule has 6 nitrogen and oxygen atoms in total. The number of aromatic amines is 1. The number of hydrogen-bond acceptors (Lipinski definition) is 4. The molecule has 7 heteroatoms. The normalized spacial score (nSPS) is 16.9. The van der Waals surface area contributed by atoms with Gasteiger partial charge in [0.25, 0.3) is 0 Å². The van der Waals surface area contributed by atoms with Crippen LogP contribution >= 0.6 is 11.8 Å². The molecule has 1 aliphatic carbocycles. The second-order valence-electron chi connectivity index (χ2n) is 4.37. The van der Waals surface area contributed by atoms with E-state index < -0.39 is 11.5 Å². The highest BCUT2D eigenvalue weighted by molar-refractivity contribution is 7.99. The first-order chi connectivity index (χ1) is 8.57. The molecule has 3 N–H and O–H groups in total. The second kappa shape index (κ2) is 5.01. The summed E-state index contributed by atoms with van der Waals surface area (Å²) in [5.41, 5.74) is -0.448. The number of carbonyl (C=O) groups is 2. The van der Waals surface area contributed by atoms with E-state index in [0.29, 0.717) is 11.6 Å². The Kier molecular flexibility index (Phi) is 3.60. The van der Waals surface area contributed by atoms with Gasteiger partial charge in [0.05, 0.1) is 17.5 Å². The van der Waals surface area contributed by atoms with Crippen molar-refractivity contribution < 1.29 is 14.7 Å². The van der Waals surface area contributed by atoms with Crippen LogP contribution in [0.15, 0.2) is 6.20 Å². The standard InChI is InChI=1S/C11H15N3O3S/c1-18-6-8(15)14-11(3-2-4-11)10-12-5-7(13-10)9(16)17/h5H,2-4,6H2,1H3,(H,12,13)(H,14,15)(H,16,17). The molecule has 0 saturated heterocycles. The van der Waals surface area contributed by atoms with Crippen LogP contribution in [-0.2, 0) is 10.3 Å². The maximum Gasteiger partial charge on any atom is 0.353 e. The van der Waals surface area contributed by atoms with Crippen LogP contribution in [0, 0.1) is 0 Å². The fourth-order valence-electron chi connectivity index (χ4n) is 2.06. The monoisotopic (exact) mass is 269 g/mol. The number of aromatic nitrogens is 2. The molecule has 0 radical (unpaired) electrons. The van der Waals surface area contributed by atoms with E-state index in [1.54, 1.807) is 0 Å². The quantitative estimate of drug-likeness (QED) is 0.740. The molecule has 0 atom stereocenters. The molecule has 1 amide bonds. The van der Waals surface area contributed by atoms with Crippen molar-refractivity contribution in [1.29, 1.82) is 0 Å². The fourth-order valence-corrected chi connectivity index (χ4v) is 2.39. The third-order valence-electron chi connectivity index (χ3n) is 3.12. The van der Waals surface area contributed by atoms with Crippen LogP contribution in [0.2, 0.25) is 0 Å². The van der Waals surface area contributed by atoms with Gasteiger partial charge in [-0.25, -0.2) is 9.78 Å². The Morgan fingerprint density at radius 3 is 2.78 bits per heavy atom. The van der Waals surface area contributed by atoms with Gasteiger partial charge in [-0.05, 0) is 25.5 Å². The number of carboxylic acid groups (broad SMARTS) is 1. The smallest absolute Gasteiger partial charge is 0.353 e.